The highest BCUT2D eigenvalue weighted by Gasteiger charge is 2.05. The summed E-state index contributed by atoms with van der Waals surface area (Å²) >= 11 is 1.47. The Morgan fingerprint density at radius 2 is 2.14 bits per heavy atom. The van der Waals surface area contributed by atoms with Crippen molar-refractivity contribution in [3.8, 4) is 0 Å². The molecule has 0 rings (SSSR count). The minimum absolute atomic E-state index is 0.266. The van der Waals surface area contributed by atoms with Gasteiger partial charge in [-0.1, -0.05) is 0 Å². The fourth-order valence-electron chi connectivity index (χ4n) is 0.718. The quantitative estimate of drug-likeness (QED) is 0.545. The van der Waals surface area contributed by atoms with Crippen LogP contribution in [0.1, 0.15) is 13.3 Å². The van der Waals surface area contributed by atoms with Crippen molar-refractivity contribution < 1.29 is 9.59 Å². The molecule has 0 aromatic rings. The van der Waals surface area contributed by atoms with Gasteiger partial charge in [0.1, 0.15) is 0 Å². The lowest BCUT2D eigenvalue weighted by atomic mass is 10.5. The molecule has 4 N–H and O–H groups in total. The van der Waals surface area contributed by atoms with Gasteiger partial charge < -0.3 is 11.1 Å². The van der Waals surface area contributed by atoms with Gasteiger partial charge >= 0.3 is 6.03 Å². The highest BCUT2D eigenvalue weighted by molar-refractivity contribution is 7.99. The molecule has 82 valence electrons. The molecule has 0 saturated heterocycles. The number of carbonyl (C=O) groups excluding carboxylic acids is 2. The Labute approximate surface area is 88.2 Å². The molecule has 6 heteroatoms. The van der Waals surface area contributed by atoms with Crippen LogP contribution in [0.15, 0.2) is 0 Å². The highest BCUT2D eigenvalue weighted by atomic mass is 32.2. The number of amides is 3. The Bertz CT molecular complexity index is 187. The predicted molar refractivity (Wildman–Crippen MR) is 58.2 cm³/mol. The van der Waals surface area contributed by atoms with Crippen molar-refractivity contribution in [1.82, 2.24) is 10.6 Å². The molecular weight excluding hydrogens is 202 g/mol. The fourth-order valence-corrected chi connectivity index (χ4v) is 1.49. The van der Waals surface area contributed by atoms with Gasteiger partial charge in [-0.25, -0.2) is 4.79 Å². The molecule has 3 amide bonds. The van der Waals surface area contributed by atoms with Crippen LogP contribution in [0.4, 0.5) is 4.79 Å². The summed E-state index contributed by atoms with van der Waals surface area (Å²) in [6.07, 6.45) is 0.888. The van der Waals surface area contributed by atoms with Crippen molar-refractivity contribution in [3.05, 3.63) is 0 Å². The molecule has 5 nitrogen and oxygen atoms in total. The first-order chi connectivity index (χ1) is 6.70. The zero-order chi connectivity index (χ0) is 10.8. The van der Waals surface area contributed by atoms with Crippen molar-refractivity contribution in [3.63, 3.8) is 0 Å². The first-order valence-electron chi connectivity index (χ1n) is 4.56. The largest absolute Gasteiger partial charge is 0.338 e. The molecule has 14 heavy (non-hydrogen) atoms. The number of imide groups is 1. The summed E-state index contributed by atoms with van der Waals surface area (Å²) < 4.78 is 0. The van der Waals surface area contributed by atoms with E-state index in [0.29, 0.717) is 18.8 Å². The molecule has 0 aromatic heterocycles. The van der Waals surface area contributed by atoms with Gasteiger partial charge in [0.15, 0.2) is 0 Å². The lowest BCUT2D eigenvalue weighted by Crippen LogP contribution is -2.40. The van der Waals surface area contributed by atoms with E-state index in [2.05, 4.69) is 10.6 Å². The highest BCUT2D eigenvalue weighted by Crippen LogP contribution is 2.00. The average Bonchev–Trinajstić information content (AvgIpc) is 2.13. The molecule has 0 fully saturated rings. The van der Waals surface area contributed by atoms with Gasteiger partial charge in [-0.15, -0.1) is 0 Å². The molecule has 0 saturated carbocycles. The molecule has 0 aromatic carbocycles. The number of thioether (sulfide) groups is 1. The smallest absolute Gasteiger partial charge is 0.321 e. The standard InChI is InChI=1S/C8H17N3O2S/c1-2-10-8(13)11-7(12)6-14-5-3-4-9/h2-6,9H2,1H3,(H2,10,11,12,13). The lowest BCUT2D eigenvalue weighted by Gasteiger charge is -2.03. The summed E-state index contributed by atoms with van der Waals surface area (Å²) in [5.41, 5.74) is 5.29. The van der Waals surface area contributed by atoms with Crippen LogP contribution in [0.2, 0.25) is 0 Å². The third-order valence-electron chi connectivity index (χ3n) is 1.32. The number of hydrogen-bond acceptors (Lipinski definition) is 4. The van der Waals surface area contributed by atoms with Gasteiger partial charge in [-0.2, -0.15) is 11.8 Å². The normalized spacial score (nSPS) is 9.57. The topological polar surface area (TPSA) is 84.2 Å². The van der Waals surface area contributed by atoms with Crippen LogP contribution in [-0.4, -0.2) is 36.5 Å². The van der Waals surface area contributed by atoms with E-state index >= 15 is 0 Å². The molecular formula is C8H17N3O2S. The Kier molecular flexibility index (Phi) is 8.36. The maximum atomic E-state index is 11.1. The molecule has 0 aliphatic rings. The molecule has 0 heterocycles. The molecule has 0 radical (unpaired) electrons. The second-order valence-electron chi connectivity index (χ2n) is 2.60. The van der Waals surface area contributed by atoms with E-state index in [1.54, 1.807) is 6.92 Å². The Hall–Kier alpha value is -0.750. The third-order valence-corrected chi connectivity index (χ3v) is 2.36. The lowest BCUT2D eigenvalue weighted by molar-refractivity contribution is -0.117. The van der Waals surface area contributed by atoms with Crippen LogP contribution in [0.25, 0.3) is 0 Å². The maximum absolute atomic E-state index is 11.1. The van der Waals surface area contributed by atoms with E-state index < -0.39 is 6.03 Å². The second kappa shape index (κ2) is 8.83. The van der Waals surface area contributed by atoms with Crippen LogP contribution in [0.5, 0.6) is 0 Å². The molecule has 0 bridgehead atoms. The predicted octanol–water partition coefficient (Wildman–Crippen LogP) is -0.0859. The van der Waals surface area contributed by atoms with E-state index in [1.807, 2.05) is 0 Å². The van der Waals surface area contributed by atoms with Gasteiger partial charge in [-0.05, 0) is 25.6 Å². The van der Waals surface area contributed by atoms with E-state index in [-0.39, 0.29) is 5.91 Å². The van der Waals surface area contributed by atoms with E-state index in [0.717, 1.165) is 12.2 Å². The SMILES string of the molecule is CCNC(=O)NC(=O)CSCCCN. The monoisotopic (exact) mass is 219 g/mol. The molecule has 0 unspecified atom stereocenters. The Balaban J connectivity index is 3.40. The van der Waals surface area contributed by atoms with Crippen LogP contribution >= 0.6 is 11.8 Å². The van der Waals surface area contributed by atoms with Crippen molar-refractivity contribution in [1.29, 1.82) is 0 Å². The van der Waals surface area contributed by atoms with E-state index in [1.165, 1.54) is 11.8 Å². The zero-order valence-electron chi connectivity index (χ0n) is 8.34. The van der Waals surface area contributed by atoms with Crippen molar-refractivity contribution in [2.75, 3.05) is 24.6 Å². The summed E-state index contributed by atoms with van der Waals surface area (Å²) in [6, 6.07) is -0.433. The summed E-state index contributed by atoms with van der Waals surface area (Å²) in [7, 11) is 0. The number of nitrogens with one attached hydrogen (secondary N) is 2. The van der Waals surface area contributed by atoms with Crippen LogP contribution in [-0.2, 0) is 4.79 Å². The minimum Gasteiger partial charge on any atom is -0.338 e. The van der Waals surface area contributed by atoms with E-state index in [4.69, 9.17) is 5.73 Å². The Morgan fingerprint density at radius 1 is 1.43 bits per heavy atom. The van der Waals surface area contributed by atoms with E-state index in [9.17, 15) is 9.59 Å². The summed E-state index contributed by atoms with van der Waals surface area (Å²) in [4.78, 5) is 21.9. The summed E-state index contributed by atoms with van der Waals surface area (Å²) in [6.45, 7) is 2.93. The van der Waals surface area contributed by atoms with Gasteiger partial charge in [0.25, 0.3) is 0 Å². The first-order valence-corrected chi connectivity index (χ1v) is 5.71. The maximum Gasteiger partial charge on any atom is 0.321 e. The van der Waals surface area contributed by atoms with Crippen LogP contribution < -0.4 is 16.4 Å². The minimum atomic E-state index is -0.433. The second-order valence-corrected chi connectivity index (χ2v) is 3.71. The van der Waals surface area contributed by atoms with Crippen molar-refractivity contribution >= 4 is 23.7 Å². The van der Waals surface area contributed by atoms with Crippen molar-refractivity contribution in [2.24, 2.45) is 5.73 Å². The summed E-state index contributed by atoms with van der Waals surface area (Å²) in [5.74, 6) is 0.883. The number of hydrogen-bond donors (Lipinski definition) is 3. The van der Waals surface area contributed by atoms with Crippen molar-refractivity contribution in [2.45, 2.75) is 13.3 Å². The molecule has 0 spiro atoms. The molecule has 0 atom stereocenters. The third kappa shape index (κ3) is 7.88. The number of urea groups is 1. The van der Waals surface area contributed by atoms with Gasteiger partial charge in [0, 0.05) is 6.54 Å². The number of rotatable bonds is 6. The van der Waals surface area contributed by atoms with Gasteiger partial charge in [-0.3, -0.25) is 10.1 Å². The number of carbonyl (C=O) groups is 2. The van der Waals surface area contributed by atoms with Gasteiger partial charge in [0.05, 0.1) is 5.75 Å². The average molecular weight is 219 g/mol. The zero-order valence-corrected chi connectivity index (χ0v) is 9.15. The Morgan fingerprint density at radius 3 is 2.71 bits per heavy atom. The number of nitrogens with two attached hydrogens (primary N) is 1. The fraction of sp³-hybridized carbons (Fsp3) is 0.750. The molecule has 0 aliphatic carbocycles. The van der Waals surface area contributed by atoms with Crippen LogP contribution in [0.3, 0.4) is 0 Å². The first kappa shape index (κ1) is 13.2. The summed E-state index contributed by atoms with van der Waals surface area (Å²) in [5, 5.41) is 4.69. The molecule has 0 aliphatic heterocycles. The van der Waals surface area contributed by atoms with Gasteiger partial charge in [0.2, 0.25) is 5.91 Å². The van der Waals surface area contributed by atoms with Crippen LogP contribution in [0, 0.1) is 0 Å².